The summed E-state index contributed by atoms with van der Waals surface area (Å²) >= 11 is 1.66. The molecule has 140 valence electrons. The van der Waals surface area contributed by atoms with Crippen molar-refractivity contribution in [2.45, 2.75) is 45.4 Å². The van der Waals surface area contributed by atoms with Crippen molar-refractivity contribution >= 4 is 33.4 Å². The summed E-state index contributed by atoms with van der Waals surface area (Å²) in [6.45, 7) is 4.44. The maximum absolute atomic E-state index is 12.6. The molecular weight excluding hydrogens is 348 g/mol. The van der Waals surface area contributed by atoms with Crippen molar-refractivity contribution in [3.63, 3.8) is 0 Å². The molecule has 6 heteroatoms. The first-order valence-corrected chi connectivity index (χ1v) is 10.1. The van der Waals surface area contributed by atoms with Gasteiger partial charge in [-0.1, -0.05) is 38.8 Å². The quantitative estimate of drug-likeness (QED) is 0.779. The Labute approximate surface area is 158 Å². The van der Waals surface area contributed by atoms with Crippen LogP contribution in [-0.2, 0) is 14.3 Å². The van der Waals surface area contributed by atoms with Crippen LogP contribution in [0.1, 0.15) is 50.5 Å². The van der Waals surface area contributed by atoms with Crippen LogP contribution < -0.4 is 5.32 Å². The van der Waals surface area contributed by atoms with E-state index in [4.69, 9.17) is 9.72 Å². The van der Waals surface area contributed by atoms with E-state index in [0.29, 0.717) is 12.5 Å². The lowest BCUT2D eigenvalue weighted by molar-refractivity contribution is -0.154. The number of para-hydroxylation sites is 1. The molecule has 2 atom stereocenters. The van der Waals surface area contributed by atoms with E-state index < -0.39 is 0 Å². The Morgan fingerprint density at radius 3 is 2.81 bits per heavy atom. The fraction of sp³-hybridized carbons (Fsp3) is 0.550. The standard InChI is InChI=1S/C20H26N2O3S/c1-13(2)11-21-18(23)12-25-20(24)15-8-4-3-7-14(15)19-22-16-9-5-6-10-17(16)26-19/h5-6,9-10,13-15H,3-4,7-8,11-12H2,1-2H3,(H,21,23)/t14-,15+/m0/s1. The highest BCUT2D eigenvalue weighted by Gasteiger charge is 2.35. The molecule has 1 heterocycles. The Kier molecular flexibility index (Phi) is 6.25. The number of nitrogens with one attached hydrogen (secondary N) is 1. The number of hydrogen-bond acceptors (Lipinski definition) is 5. The molecule has 3 rings (SSSR count). The van der Waals surface area contributed by atoms with Crippen LogP contribution in [0, 0.1) is 11.8 Å². The zero-order chi connectivity index (χ0) is 18.5. The molecule has 1 aromatic heterocycles. The minimum Gasteiger partial charge on any atom is -0.455 e. The van der Waals surface area contributed by atoms with E-state index in [2.05, 4.69) is 11.4 Å². The third kappa shape index (κ3) is 4.61. The Hall–Kier alpha value is -1.95. The number of aromatic nitrogens is 1. The van der Waals surface area contributed by atoms with Gasteiger partial charge >= 0.3 is 5.97 Å². The molecule has 1 aliphatic carbocycles. The van der Waals surface area contributed by atoms with E-state index in [-0.39, 0.29) is 30.3 Å². The van der Waals surface area contributed by atoms with Crippen molar-refractivity contribution in [1.82, 2.24) is 10.3 Å². The van der Waals surface area contributed by atoms with Crippen LogP contribution in [0.5, 0.6) is 0 Å². The minimum absolute atomic E-state index is 0.0902. The molecule has 0 unspecified atom stereocenters. The number of thiazole rings is 1. The number of rotatable bonds is 6. The molecule has 1 N–H and O–H groups in total. The molecule has 0 aliphatic heterocycles. The zero-order valence-corrected chi connectivity index (χ0v) is 16.2. The van der Waals surface area contributed by atoms with Crippen LogP contribution in [0.25, 0.3) is 10.2 Å². The molecule has 1 amide bonds. The van der Waals surface area contributed by atoms with Gasteiger partial charge in [0.25, 0.3) is 5.91 Å². The molecule has 5 nitrogen and oxygen atoms in total. The summed E-state index contributed by atoms with van der Waals surface area (Å²) in [6.07, 6.45) is 3.85. The summed E-state index contributed by atoms with van der Waals surface area (Å²) in [5, 5.41) is 3.79. The van der Waals surface area contributed by atoms with Crippen LogP contribution in [0.4, 0.5) is 0 Å². The van der Waals surface area contributed by atoms with Gasteiger partial charge in [-0.15, -0.1) is 11.3 Å². The lowest BCUT2D eigenvalue weighted by Gasteiger charge is -2.28. The average molecular weight is 375 g/mol. The van der Waals surface area contributed by atoms with E-state index in [1.807, 2.05) is 32.0 Å². The summed E-state index contributed by atoms with van der Waals surface area (Å²) < 4.78 is 6.47. The van der Waals surface area contributed by atoms with Gasteiger partial charge in [0.1, 0.15) is 0 Å². The Bertz CT molecular complexity index is 738. The Morgan fingerprint density at radius 2 is 2.04 bits per heavy atom. The number of ether oxygens (including phenoxy) is 1. The van der Waals surface area contributed by atoms with Crippen molar-refractivity contribution in [3.8, 4) is 0 Å². The van der Waals surface area contributed by atoms with Crippen molar-refractivity contribution < 1.29 is 14.3 Å². The number of hydrogen-bond donors (Lipinski definition) is 1. The Morgan fingerprint density at radius 1 is 1.27 bits per heavy atom. The topological polar surface area (TPSA) is 68.3 Å². The van der Waals surface area contributed by atoms with Gasteiger partial charge in [-0.25, -0.2) is 4.98 Å². The summed E-state index contributed by atoms with van der Waals surface area (Å²) in [7, 11) is 0. The lowest BCUT2D eigenvalue weighted by Crippen LogP contribution is -2.34. The van der Waals surface area contributed by atoms with E-state index in [0.717, 1.165) is 40.9 Å². The molecule has 1 saturated carbocycles. The molecule has 26 heavy (non-hydrogen) atoms. The fourth-order valence-corrected chi connectivity index (χ4v) is 4.54. The number of carbonyl (C=O) groups excluding carboxylic acids is 2. The third-order valence-electron chi connectivity index (χ3n) is 4.75. The molecule has 0 spiro atoms. The Balaban J connectivity index is 1.64. The number of benzene rings is 1. The molecule has 0 radical (unpaired) electrons. The lowest BCUT2D eigenvalue weighted by atomic mass is 9.79. The van der Waals surface area contributed by atoms with Crippen molar-refractivity contribution in [1.29, 1.82) is 0 Å². The SMILES string of the molecule is CC(C)CNC(=O)COC(=O)[C@@H]1CCCC[C@@H]1c1nc2ccccc2s1. The van der Waals surface area contributed by atoms with Crippen molar-refractivity contribution in [2.24, 2.45) is 11.8 Å². The van der Waals surface area contributed by atoms with Crippen molar-refractivity contribution in [2.75, 3.05) is 13.2 Å². The van der Waals surface area contributed by atoms with Gasteiger partial charge < -0.3 is 10.1 Å². The molecule has 1 aromatic carbocycles. The van der Waals surface area contributed by atoms with Crippen LogP contribution in [-0.4, -0.2) is 30.0 Å². The largest absolute Gasteiger partial charge is 0.455 e. The zero-order valence-electron chi connectivity index (χ0n) is 15.4. The number of fused-ring (bicyclic) bond motifs is 1. The summed E-state index contributed by atoms with van der Waals surface area (Å²) in [6, 6.07) is 8.05. The monoisotopic (exact) mass is 374 g/mol. The van der Waals surface area contributed by atoms with Crippen LogP contribution >= 0.6 is 11.3 Å². The highest BCUT2D eigenvalue weighted by atomic mass is 32.1. The second kappa shape index (κ2) is 8.62. The van der Waals surface area contributed by atoms with Gasteiger partial charge in [0.05, 0.1) is 21.1 Å². The second-order valence-electron chi connectivity index (χ2n) is 7.32. The average Bonchev–Trinajstić information content (AvgIpc) is 3.08. The number of esters is 1. The highest BCUT2D eigenvalue weighted by molar-refractivity contribution is 7.18. The van der Waals surface area contributed by atoms with Gasteiger partial charge in [-0.2, -0.15) is 0 Å². The summed E-state index contributed by atoms with van der Waals surface area (Å²) in [5.74, 6) is -0.251. The first kappa shape index (κ1) is 18.8. The van der Waals surface area contributed by atoms with Gasteiger partial charge in [-0.05, 0) is 30.9 Å². The van der Waals surface area contributed by atoms with Gasteiger partial charge in [0, 0.05) is 12.5 Å². The third-order valence-corrected chi connectivity index (χ3v) is 5.92. The van der Waals surface area contributed by atoms with Gasteiger partial charge in [0.15, 0.2) is 6.61 Å². The number of amides is 1. The minimum atomic E-state index is -0.270. The predicted molar refractivity (Wildman–Crippen MR) is 103 cm³/mol. The number of nitrogens with zero attached hydrogens (tertiary/aromatic N) is 1. The molecule has 1 fully saturated rings. The van der Waals surface area contributed by atoms with Crippen molar-refractivity contribution in [3.05, 3.63) is 29.3 Å². The van der Waals surface area contributed by atoms with Gasteiger partial charge in [-0.3, -0.25) is 9.59 Å². The van der Waals surface area contributed by atoms with Gasteiger partial charge in [0.2, 0.25) is 0 Å². The first-order chi connectivity index (χ1) is 12.5. The highest BCUT2D eigenvalue weighted by Crippen LogP contribution is 2.41. The number of carbonyl (C=O) groups is 2. The maximum atomic E-state index is 12.6. The normalized spacial score (nSPS) is 20.3. The predicted octanol–water partition coefficient (Wildman–Crippen LogP) is 3.89. The first-order valence-electron chi connectivity index (χ1n) is 9.33. The molecule has 2 aromatic rings. The molecular formula is C20H26N2O3S. The van der Waals surface area contributed by atoms with E-state index in [1.165, 1.54) is 0 Å². The van der Waals surface area contributed by atoms with E-state index in [9.17, 15) is 9.59 Å². The van der Waals surface area contributed by atoms with E-state index in [1.54, 1.807) is 11.3 Å². The fourth-order valence-electron chi connectivity index (χ4n) is 3.37. The molecule has 1 aliphatic rings. The molecule has 0 bridgehead atoms. The van der Waals surface area contributed by atoms with E-state index >= 15 is 0 Å². The maximum Gasteiger partial charge on any atom is 0.310 e. The summed E-state index contributed by atoms with van der Waals surface area (Å²) in [4.78, 5) is 29.2. The van der Waals surface area contributed by atoms with Crippen LogP contribution in [0.15, 0.2) is 24.3 Å². The van der Waals surface area contributed by atoms with Crippen LogP contribution in [0.2, 0.25) is 0 Å². The molecule has 0 saturated heterocycles. The van der Waals surface area contributed by atoms with Crippen LogP contribution in [0.3, 0.4) is 0 Å². The summed E-state index contributed by atoms with van der Waals surface area (Å²) in [5.41, 5.74) is 0.984. The smallest absolute Gasteiger partial charge is 0.310 e. The second-order valence-corrected chi connectivity index (χ2v) is 8.39.